The van der Waals surface area contributed by atoms with Crippen LogP contribution in [0.1, 0.15) is 74.9 Å². The summed E-state index contributed by atoms with van der Waals surface area (Å²) >= 11 is 0. The van der Waals surface area contributed by atoms with Crippen molar-refractivity contribution in [3.8, 4) is 16.8 Å². The third kappa shape index (κ3) is 9.77. The van der Waals surface area contributed by atoms with Gasteiger partial charge in [0.15, 0.2) is 8.07 Å². The molecule has 0 saturated heterocycles. The van der Waals surface area contributed by atoms with Crippen molar-refractivity contribution >= 4 is 108 Å². The molecule has 0 aliphatic carbocycles. The van der Waals surface area contributed by atoms with Gasteiger partial charge in [-0.25, -0.2) is 0 Å². The van der Waals surface area contributed by atoms with Crippen LogP contribution in [0.2, 0.25) is 0 Å². The number of fused-ring (bicyclic) bond motifs is 7. The Morgan fingerprint density at radius 1 is 0.265 bits per heavy atom. The number of anilines is 6. The number of aromatic nitrogens is 1. The Bertz CT molecular complexity index is 5190. The highest BCUT2D eigenvalue weighted by molar-refractivity contribution is 7.20. The van der Waals surface area contributed by atoms with Gasteiger partial charge in [-0.3, -0.25) is 0 Å². The van der Waals surface area contributed by atoms with Crippen LogP contribution < -0.4 is 46.9 Å². The second-order valence-electron chi connectivity index (χ2n) is 28.8. The lowest BCUT2D eigenvalue weighted by molar-refractivity contribution is 0.569. The molecule has 0 atom stereocenters. The summed E-state index contributed by atoms with van der Waals surface area (Å²) in [5.74, 6) is 0. The van der Waals surface area contributed by atoms with E-state index in [4.69, 9.17) is 0 Å². The van der Waals surface area contributed by atoms with E-state index in [9.17, 15) is 0 Å². The van der Waals surface area contributed by atoms with Crippen molar-refractivity contribution < 1.29 is 0 Å². The largest absolute Gasteiger partial charge is 0.311 e. The summed E-state index contributed by atoms with van der Waals surface area (Å²) in [5, 5.41) is 7.80. The van der Waals surface area contributed by atoms with Crippen molar-refractivity contribution in [3.05, 3.63) is 385 Å². The Morgan fingerprint density at radius 2 is 0.684 bits per heavy atom. The highest BCUT2D eigenvalue weighted by Gasteiger charge is 2.46. The second kappa shape index (κ2) is 23.8. The molecule has 0 unspecified atom stereocenters. The number of nitrogens with zero attached hydrogens (tertiary/aromatic N) is 3. The van der Waals surface area contributed by atoms with E-state index in [1.165, 1.54) is 92.4 Å². The minimum Gasteiger partial charge on any atom is -0.311 e. The molecule has 0 N–H and O–H groups in total. The SMILES string of the molecule is CC(C)(C)c1cc(-c2ccc3c(c2)B2c4ccccc4N(c4cccc(C(c5ccccc5)(c5ccccc5)c5ccccc5)c4)c4cc(-n5c6ccccc6c6ccccc65)cc(c42)N3c2ccc([Si](c3ccccc3)(c3ccccc3)c3ccccc3)cc2)cc(C(C)(C)C)c1. The van der Waals surface area contributed by atoms with Gasteiger partial charge in [0.25, 0.3) is 6.71 Å². The first-order valence-electron chi connectivity index (χ1n) is 34.6. The normalized spacial score (nSPS) is 12.9. The fourth-order valence-corrected chi connectivity index (χ4v) is 21.3. The van der Waals surface area contributed by atoms with Crippen molar-refractivity contribution in [2.24, 2.45) is 0 Å². The Kier molecular flexibility index (Phi) is 14.7. The first kappa shape index (κ1) is 60.4. The molecule has 1 aromatic heterocycles. The molecule has 0 saturated carbocycles. The maximum absolute atomic E-state index is 2.91. The molecule has 98 heavy (non-hydrogen) atoms. The molecule has 5 heteroatoms. The number of rotatable bonds is 12. The summed E-state index contributed by atoms with van der Waals surface area (Å²) in [6.45, 7) is 13.9. The van der Waals surface area contributed by atoms with Gasteiger partial charge in [0.05, 0.1) is 22.1 Å². The van der Waals surface area contributed by atoms with Crippen LogP contribution in [0.4, 0.5) is 34.1 Å². The molecule has 15 aromatic rings. The van der Waals surface area contributed by atoms with Crippen LogP contribution in [0.25, 0.3) is 38.6 Å². The Hall–Kier alpha value is -11.2. The number of para-hydroxylation sites is 3. The smallest absolute Gasteiger partial charge is 0.252 e. The van der Waals surface area contributed by atoms with Crippen molar-refractivity contribution in [2.75, 3.05) is 9.80 Å². The third-order valence-corrected chi connectivity index (χ3v) is 25.9. The predicted molar refractivity (Wildman–Crippen MR) is 420 cm³/mol. The molecular weight excluding hydrogens is 1200 g/mol. The van der Waals surface area contributed by atoms with Gasteiger partial charge in [-0.15, -0.1) is 0 Å². The predicted octanol–water partition coefficient (Wildman–Crippen LogP) is 18.9. The summed E-state index contributed by atoms with van der Waals surface area (Å²) in [4.78, 5) is 5.22. The van der Waals surface area contributed by atoms with E-state index >= 15 is 0 Å². The summed E-state index contributed by atoms with van der Waals surface area (Å²) in [6, 6.07) is 134. The zero-order chi connectivity index (χ0) is 66.3. The zero-order valence-corrected chi connectivity index (χ0v) is 57.4. The van der Waals surface area contributed by atoms with E-state index in [1.54, 1.807) is 0 Å². The fraction of sp³-hybridized carbons (Fsp3) is 0.0968. The lowest BCUT2D eigenvalue weighted by atomic mass is 9.33. The van der Waals surface area contributed by atoms with Crippen molar-refractivity contribution in [1.29, 1.82) is 0 Å². The molecule has 14 aromatic carbocycles. The minimum atomic E-state index is -2.91. The summed E-state index contributed by atoms with van der Waals surface area (Å²) < 4.78 is 2.52. The molecule has 0 amide bonds. The lowest BCUT2D eigenvalue weighted by Crippen LogP contribution is -2.74. The van der Waals surface area contributed by atoms with Crippen molar-refractivity contribution in [1.82, 2.24) is 4.57 Å². The van der Waals surface area contributed by atoms with E-state index < -0.39 is 13.5 Å². The third-order valence-electron chi connectivity index (χ3n) is 21.1. The molecule has 0 spiro atoms. The monoisotopic (exact) mass is 1270 g/mol. The van der Waals surface area contributed by atoms with Gasteiger partial charge in [-0.1, -0.05) is 333 Å². The number of hydrogen-bond acceptors (Lipinski definition) is 2. The maximum Gasteiger partial charge on any atom is 0.252 e. The van der Waals surface area contributed by atoms with Gasteiger partial charge in [-0.05, 0) is 153 Å². The lowest BCUT2D eigenvalue weighted by Gasteiger charge is -2.45. The zero-order valence-electron chi connectivity index (χ0n) is 56.4. The highest BCUT2D eigenvalue weighted by atomic mass is 28.3. The van der Waals surface area contributed by atoms with Crippen LogP contribution in [-0.4, -0.2) is 19.4 Å². The maximum atomic E-state index is 2.62. The number of hydrogen-bond donors (Lipinski definition) is 0. The van der Waals surface area contributed by atoms with E-state index in [-0.39, 0.29) is 17.5 Å². The molecule has 0 bridgehead atoms. The Balaban J connectivity index is 0.973. The fourth-order valence-electron chi connectivity index (χ4n) is 16.5. The average molecular weight is 1270 g/mol. The van der Waals surface area contributed by atoms with E-state index in [0.29, 0.717) is 0 Å². The molecule has 0 radical (unpaired) electrons. The van der Waals surface area contributed by atoms with Crippen LogP contribution in [0, 0.1) is 0 Å². The summed E-state index contributed by atoms with van der Waals surface area (Å²) in [5.41, 5.74) is 23.0. The van der Waals surface area contributed by atoms with Gasteiger partial charge in [0, 0.05) is 44.9 Å². The Labute approximate surface area is 578 Å². The van der Waals surface area contributed by atoms with Crippen LogP contribution in [-0.2, 0) is 16.2 Å². The van der Waals surface area contributed by atoms with Gasteiger partial charge in [0.1, 0.15) is 0 Å². The molecule has 470 valence electrons. The Morgan fingerprint density at radius 3 is 1.18 bits per heavy atom. The van der Waals surface area contributed by atoms with Crippen LogP contribution in [0.5, 0.6) is 0 Å². The van der Waals surface area contributed by atoms with E-state index in [1.807, 2.05) is 0 Å². The molecule has 3 heterocycles. The second-order valence-corrected chi connectivity index (χ2v) is 32.6. The highest BCUT2D eigenvalue weighted by Crippen LogP contribution is 2.50. The van der Waals surface area contributed by atoms with Crippen molar-refractivity contribution in [2.45, 2.75) is 57.8 Å². The van der Waals surface area contributed by atoms with Gasteiger partial charge < -0.3 is 14.4 Å². The molecule has 2 aliphatic heterocycles. The first-order chi connectivity index (χ1) is 47.9. The van der Waals surface area contributed by atoms with Crippen LogP contribution in [0.3, 0.4) is 0 Å². The van der Waals surface area contributed by atoms with Crippen LogP contribution >= 0.6 is 0 Å². The molecule has 3 nitrogen and oxygen atoms in total. The average Bonchev–Trinajstić information content (AvgIpc) is 0.815. The topological polar surface area (TPSA) is 11.4 Å². The van der Waals surface area contributed by atoms with Crippen molar-refractivity contribution in [3.63, 3.8) is 0 Å². The van der Waals surface area contributed by atoms with Gasteiger partial charge in [0.2, 0.25) is 0 Å². The van der Waals surface area contributed by atoms with E-state index in [2.05, 4.69) is 408 Å². The molecule has 2 aliphatic rings. The minimum absolute atomic E-state index is 0.0664. The van der Waals surface area contributed by atoms with Gasteiger partial charge in [-0.2, -0.15) is 0 Å². The van der Waals surface area contributed by atoms with Crippen LogP contribution in [0.15, 0.2) is 352 Å². The quantitative estimate of drug-likeness (QED) is 0.0892. The first-order valence-corrected chi connectivity index (χ1v) is 36.6. The molecule has 0 fully saturated rings. The van der Waals surface area contributed by atoms with Gasteiger partial charge >= 0.3 is 0 Å². The number of benzene rings is 14. The summed E-state index contributed by atoms with van der Waals surface area (Å²) in [6.07, 6.45) is 0. The van der Waals surface area contributed by atoms with E-state index in [0.717, 1.165) is 50.8 Å². The molecule has 17 rings (SSSR count). The molecular formula is C93H76BN3Si. The summed E-state index contributed by atoms with van der Waals surface area (Å²) in [7, 11) is -2.91. The standard InChI is InChI=1S/C93H76BN3Si/c1-91(2,3)71-58-66(59-72(61-71)92(4,5)6)65-52-57-87-83(60-65)94-82-48-27-30-51-86(82)96(74-39-31-38-70(62-74)93(67-32-13-7-14-33-67,68-34-15-8-16-35-68)69-36-17-9-18-37-69)89-64-75(97-84-49-28-25-46-80(84)81-47-26-29-50-85(81)97)63-88(90(89)94)95(87)73-53-55-79(56-54-73)98(76-40-19-10-20-41-76,77-42-21-11-22-43-77)78-44-23-12-24-45-78/h7-64H,1-6H3.